The van der Waals surface area contributed by atoms with Gasteiger partial charge in [0, 0.05) is 35.4 Å². The summed E-state index contributed by atoms with van der Waals surface area (Å²) in [6.07, 6.45) is 7.90. The molecule has 2 rings (SSSR count). The van der Waals surface area contributed by atoms with E-state index < -0.39 is 0 Å². The number of quaternary nitrogens is 2. The molecule has 0 amide bonds. The number of nitrogens with two attached hydrogens (primary N) is 2. The van der Waals surface area contributed by atoms with Crippen LogP contribution in [0.1, 0.15) is 11.1 Å². The fourth-order valence-corrected chi connectivity index (χ4v) is 1.89. The number of H-pyrrole nitrogens is 2. The van der Waals surface area contributed by atoms with Gasteiger partial charge in [-0.15, -0.1) is 0 Å². The molecule has 8 heteroatoms. The second-order valence-electron chi connectivity index (χ2n) is 4.38. The van der Waals surface area contributed by atoms with Crippen molar-refractivity contribution in [2.45, 2.75) is 13.1 Å². The van der Waals surface area contributed by atoms with Gasteiger partial charge < -0.3 is 60.3 Å². The zero-order valence-corrected chi connectivity index (χ0v) is 15.1. The van der Waals surface area contributed by atoms with E-state index in [9.17, 15) is 0 Å². The Morgan fingerprint density at radius 2 is 0.909 bits per heavy atom. The van der Waals surface area contributed by atoms with Gasteiger partial charge in [0.15, 0.2) is 24.8 Å². The molecule has 0 aliphatic rings. The summed E-state index contributed by atoms with van der Waals surface area (Å²) in [4.78, 5) is 6.08. The molecule has 0 unspecified atom stereocenters. The highest BCUT2D eigenvalue weighted by Crippen LogP contribution is 1.89. The van der Waals surface area contributed by atoms with Crippen LogP contribution in [-0.4, -0.2) is 13.1 Å². The van der Waals surface area contributed by atoms with Crippen molar-refractivity contribution in [2.75, 3.05) is 13.1 Å². The number of hydrogen-bond donors (Lipinski definition) is 2. The lowest BCUT2D eigenvalue weighted by atomic mass is 10.2. The van der Waals surface area contributed by atoms with Gasteiger partial charge in [-0.25, -0.2) is 9.97 Å². The van der Waals surface area contributed by atoms with Gasteiger partial charge in [0.25, 0.3) is 0 Å². The van der Waals surface area contributed by atoms with Gasteiger partial charge in [-0.3, -0.25) is 0 Å². The summed E-state index contributed by atoms with van der Waals surface area (Å²) in [6, 6.07) is 8.50. The lowest BCUT2D eigenvalue weighted by molar-refractivity contribution is -0.738. The van der Waals surface area contributed by atoms with Crippen molar-refractivity contribution in [3.63, 3.8) is 0 Å². The molecule has 4 nitrogen and oxygen atoms in total. The van der Waals surface area contributed by atoms with Gasteiger partial charge in [-0.05, 0) is 0 Å². The summed E-state index contributed by atoms with van der Waals surface area (Å²) in [7, 11) is 0. The normalized spacial score (nSPS) is 8.55. The molecular weight excluding hydrogens is 366 g/mol. The molecule has 0 bridgehead atoms. The zero-order valence-electron chi connectivity index (χ0n) is 12.1. The first kappa shape index (κ1) is 26.3. The quantitative estimate of drug-likeness (QED) is 0.443. The minimum absolute atomic E-state index is 0. The van der Waals surface area contributed by atoms with Crippen LogP contribution in [0, 0.1) is 0 Å². The van der Waals surface area contributed by atoms with E-state index in [1.165, 1.54) is 11.1 Å². The molecule has 0 aromatic carbocycles. The fraction of sp³-hybridized carbons (Fsp3) is 0.286. The second kappa shape index (κ2) is 16.7. The average molecular weight is 388 g/mol. The van der Waals surface area contributed by atoms with E-state index >= 15 is 0 Å². The second-order valence-corrected chi connectivity index (χ2v) is 4.38. The SMILES string of the molecule is [Cl-].[Cl-].[Cl-].[Cl-].c1cc(C[NH2+]CC[NH2+]Cc2cc[nH+]cc2)cc[nH+]1. The van der Waals surface area contributed by atoms with Crippen LogP contribution in [0.5, 0.6) is 0 Å². The summed E-state index contributed by atoms with van der Waals surface area (Å²) < 4.78 is 0. The van der Waals surface area contributed by atoms with E-state index in [0.29, 0.717) is 0 Å². The molecule has 22 heavy (non-hydrogen) atoms. The van der Waals surface area contributed by atoms with E-state index in [0.717, 1.165) is 26.2 Å². The fourth-order valence-electron chi connectivity index (χ4n) is 1.89. The van der Waals surface area contributed by atoms with E-state index in [1.807, 2.05) is 24.8 Å². The molecule has 0 radical (unpaired) electrons. The maximum atomic E-state index is 3.04. The van der Waals surface area contributed by atoms with Gasteiger partial charge in [0.2, 0.25) is 0 Å². The van der Waals surface area contributed by atoms with Crippen LogP contribution in [0.3, 0.4) is 0 Å². The van der Waals surface area contributed by atoms with Gasteiger partial charge in [-0.1, -0.05) is 0 Å². The van der Waals surface area contributed by atoms with Crippen molar-refractivity contribution in [3.05, 3.63) is 60.2 Å². The van der Waals surface area contributed by atoms with Crippen molar-refractivity contribution >= 4 is 0 Å². The number of pyridine rings is 2. The number of hydrogen-bond acceptors (Lipinski definition) is 0. The van der Waals surface area contributed by atoms with Gasteiger partial charge in [0.1, 0.15) is 26.2 Å². The first-order chi connectivity index (χ1) is 8.95. The third-order valence-electron chi connectivity index (χ3n) is 2.91. The molecule has 2 aromatic rings. The first-order valence-electron chi connectivity index (χ1n) is 6.48. The standard InChI is InChI=1S/C14H18N4.4ClH/c1-5-15-6-2-13(1)11-17-9-10-18-12-14-3-7-16-8-4-14;;;;/h1-8,17-18H,9-12H2;4*1H. The topological polar surface area (TPSA) is 61.5 Å². The molecular formula is C14H22Cl4N4. The maximum Gasteiger partial charge on any atom is 0.167 e. The van der Waals surface area contributed by atoms with Crippen LogP contribution in [0.25, 0.3) is 0 Å². The first-order valence-corrected chi connectivity index (χ1v) is 6.48. The van der Waals surface area contributed by atoms with E-state index in [2.05, 4.69) is 44.9 Å². The van der Waals surface area contributed by atoms with Crippen molar-refractivity contribution < 1.29 is 70.2 Å². The monoisotopic (exact) mass is 386 g/mol. The lowest BCUT2D eigenvalue weighted by Gasteiger charge is -2.01. The summed E-state index contributed by atoms with van der Waals surface area (Å²) >= 11 is 0. The average Bonchev–Trinajstić information content (AvgIpc) is 2.45. The van der Waals surface area contributed by atoms with Crippen LogP contribution in [0.2, 0.25) is 0 Å². The molecule has 0 fully saturated rings. The molecule has 0 saturated carbocycles. The molecule has 0 saturated heterocycles. The van der Waals surface area contributed by atoms with Crippen LogP contribution in [0.4, 0.5) is 0 Å². The molecule has 2 aromatic heterocycles. The Morgan fingerprint density at radius 3 is 1.23 bits per heavy atom. The Labute approximate surface area is 156 Å². The smallest absolute Gasteiger partial charge is 0.167 e. The zero-order chi connectivity index (χ0) is 12.5. The largest absolute Gasteiger partial charge is 1.00 e. The molecule has 0 aliphatic carbocycles. The third kappa shape index (κ3) is 11.0. The highest BCUT2D eigenvalue weighted by Gasteiger charge is 1.99. The Morgan fingerprint density at radius 1 is 0.591 bits per heavy atom. The van der Waals surface area contributed by atoms with Crippen molar-refractivity contribution in [2.24, 2.45) is 0 Å². The van der Waals surface area contributed by atoms with E-state index in [1.54, 1.807) is 0 Å². The minimum Gasteiger partial charge on any atom is -1.00 e. The van der Waals surface area contributed by atoms with Crippen molar-refractivity contribution in [1.29, 1.82) is 0 Å². The third-order valence-corrected chi connectivity index (χ3v) is 2.91. The molecule has 0 aliphatic heterocycles. The predicted molar refractivity (Wildman–Crippen MR) is 67.0 cm³/mol. The number of aromatic nitrogens is 2. The van der Waals surface area contributed by atoms with Crippen LogP contribution in [-0.2, 0) is 13.1 Å². The van der Waals surface area contributed by atoms with Gasteiger partial charge in [-0.2, -0.15) is 0 Å². The number of rotatable bonds is 7. The van der Waals surface area contributed by atoms with Crippen LogP contribution in [0.15, 0.2) is 49.1 Å². The number of aromatic amines is 2. The number of nitrogens with one attached hydrogen (secondary N) is 2. The Hall–Kier alpha value is -0.620. The predicted octanol–water partition coefficient (Wildman–Crippen LogP) is -13.8. The summed E-state index contributed by atoms with van der Waals surface area (Å²) in [5.41, 5.74) is 2.74. The Balaban J connectivity index is -0.000000902. The molecule has 2 heterocycles. The Bertz CT molecular complexity index is 402. The highest BCUT2D eigenvalue weighted by atomic mass is 35.5. The summed E-state index contributed by atoms with van der Waals surface area (Å²) in [5, 5.41) is 4.70. The maximum absolute atomic E-state index is 3.04. The lowest BCUT2D eigenvalue weighted by Crippen LogP contribution is -3.00. The van der Waals surface area contributed by atoms with Gasteiger partial charge in [0.05, 0.1) is 0 Å². The van der Waals surface area contributed by atoms with E-state index in [4.69, 9.17) is 0 Å². The van der Waals surface area contributed by atoms with Gasteiger partial charge >= 0.3 is 0 Å². The van der Waals surface area contributed by atoms with Crippen molar-refractivity contribution in [3.8, 4) is 0 Å². The molecule has 6 N–H and O–H groups in total. The minimum atomic E-state index is 0. The van der Waals surface area contributed by atoms with E-state index in [-0.39, 0.29) is 49.6 Å². The van der Waals surface area contributed by atoms with Crippen molar-refractivity contribution in [1.82, 2.24) is 0 Å². The summed E-state index contributed by atoms with van der Waals surface area (Å²) in [6.45, 7) is 4.42. The molecule has 0 atom stereocenters. The highest BCUT2D eigenvalue weighted by molar-refractivity contribution is 5.05. The number of halogens is 4. The molecule has 126 valence electrons. The van der Waals surface area contributed by atoms with Crippen LogP contribution < -0.4 is 70.2 Å². The van der Waals surface area contributed by atoms with Crippen LogP contribution >= 0.6 is 0 Å². The summed E-state index contributed by atoms with van der Waals surface area (Å²) in [5.74, 6) is 0. The molecule has 0 spiro atoms. The Kier molecular flexibility index (Phi) is 20.0.